The second-order valence-corrected chi connectivity index (χ2v) is 5.91. The molecule has 3 rings (SSSR count). The topological polar surface area (TPSA) is 81.9 Å². The number of nitriles is 1. The van der Waals surface area contributed by atoms with Gasteiger partial charge in [0.15, 0.2) is 11.5 Å². The number of hydrogen-bond acceptors (Lipinski definition) is 5. The van der Waals surface area contributed by atoms with E-state index in [0.717, 1.165) is 37.4 Å². The Bertz CT molecular complexity index is 723. The molecule has 1 unspecified atom stereocenters. The molecule has 6 nitrogen and oxygen atoms in total. The number of hydrogen-bond donors (Lipinski definition) is 1. The lowest BCUT2D eigenvalue weighted by molar-refractivity contribution is 0.102. The number of carbonyl (C=O) groups excluding carboxylic acids is 1. The van der Waals surface area contributed by atoms with Crippen molar-refractivity contribution in [3.05, 3.63) is 48.2 Å². The number of aromatic nitrogens is 2. The number of nitrogens with one attached hydrogen (secondary N) is 1. The number of carbonyl (C=O) groups is 1. The van der Waals surface area contributed by atoms with Crippen LogP contribution in [0, 0.1) is 17.2 Å². The van der Waals surface area contributed by atoms with Crippen molar-refractivity contribution in [2.45, 2.75) is 19.3 Å². The van der Waals surface area contributed by atoms with Crippen LogP contribution in [0.25, 0.3) is 0 Å². The predicted octanol–water partition coefficient (Wildman–Crippen LogP) is 2.86. The van der Waals surface area contributed by atoms with E-state index in [1.54, 1.807) is 6.07 Å². The largest absolute Gasteiger partial charge is 0.355 e. The van der Waals surface area contributed by atoms with Crippen molar-refractivity contribution in [2.75, 3.05) is 23.3 Å². The van der Waals surface area contributed by atoms with Crippen LogP contribution in [-0.2, 0) is 0 Å². The highest BCUT2D eigenvalue weighted by Gasteiger charge is 2.21. The Kier molecular flexibility index (Phi) is 5.02. The fraction of sp³-hybridized carbons (Fsp3) is 0.333. The summed E-state index contributed by atoms with van der Waals surface area (Å²) in [6.45, 7) is 1.73. The zero-order valence-corrected chi connectivity index (χ0v) is 13.4. The van der Waals surface area contributed by atoms with Crippen LogP contribution in [0.4, 0.5) is 11.5 Å². The highest BCUT2D eigenvalue weighted by atomic mass is 16.1. The summed E-state index contributed by atoms with van der Waals surface area (Å²) in [4.78, 5) is 14.3. The lowest BCUT2D eigenvalue weighted by Crippen LogP contribution is -2.36. The second kappa shape index (κ2) is 7.55. The number of amides is 1. The molecule has 6 heteroatoms. The minimum atomic E-state index is -0.277. The molecule has 1 atom stereocenters. The van der Waals surface area contributed by atoms with Gasteiger partial charge in [-0.1, -0.05) is 18.2 Å². The Balaban J connectivity index is 1.65. The van der Waals surface area contributed by atoms with Crippen LogP contribution in [0.5, 0.6) is 0 Å². The molecule has 0 saturated carbocycles. The van der Waals surface area contributed by atoms with Crippen LogP contribution in [-0.4, -0.2) is 29.2 Å². The second-order valence-electron chi connectivity index (χ2n) is 5.91. The summed E-state index contributed by atoms with van der Waals surface area (Å²) >= 11 is 0. The zero-order valence-electron chi connectivity index (χ0n) is 13.4. The standard InChI is InChI=1S/C18H19N5O/c19-11-10-14-5-4-12-23(13-14)17-9-8-16(21-22-17)18(24)20-15-6-2-1-3-7-15/h1-3,6-9,14H,4-5,10,12-13H2,(H,20,24). The molecule has 0 radical (unpaired) electrons. The van der Waals surface area contributed by atoms with Gasteiger partial charge in [-0.3, -0.25) is 4.79 Å². The maximum Gasteiger partial charge on any atom is 0.276 e. The highest BCUT2D eigenvalue weighted by molar-refractivity contribution is 6.02. The van der Waals surface area contributed by atoms with Gasteiger partial charge >= 0.3 is 0 Å². The molecular weight excluding hydrogens is 302 g/mol. The van der Waals surface area contributed by atoms with Gasteiger partial charge in [0, 0.05) is 25.2 Å². The van der Waals surface area contributed by atoms with Crippen LogP contribution >= 0.6 is 0 Å². The van der Waals surface area contributed by atoms with E-state index in [1.807, 2.05) is 36.4 Å². The molecule has 1 N–H and O–H groups in total. The van der Waals surface area contributed by atoms with Gasteiger partial charge in [-0.15, -0.1) is 10.2 Å². The first-order valence-electron chi connectivity index (χ1n) is 8.08. The summed E-state index contributed by atoms with van der Waals surface area (Å²) in [7, 11) is 0. The van der Waals surface area contributed by atoms with Gasteiger partial charge in [0.25, 0.3) is 5.91 Å². The number of rotatable bonds is 4. The monoisotopic (exact) mass is 321 g/mol. The van der Waals surface area contributed by atoms with Crippen molar-refractivity contribution in [1.29, 1.82) is 5.26 Å². The highest BCUT2D eigenvalue weighted by Crippen LogP contribution is 2.23. The molecule has 0 aliphatic carbocycles. The number of para-hydroxylation sites is 1. The van der Waals surface area contributed by atoms with E-state index in [0.29, 0.717) is 12.3 Å². The Hall–Kier alpha value is -2.94. The van der Waals surface area contributed by atoms with Gasteiger partial charge in [-0.05, 0) is 43.0 Å². The maximum atomic E-state index is 12.2. The van der Waals surface area contributed by atoms with Crippen molar-refractivity contribution in [1.82, 2.24) is 10.2 Å². The molecule has 2 heterocycles. The first-order valence-corrected chi connectivity index (χ1v) is 8.08. The van der Waals surface area contributed by atoms with E-state index in [-0.39, 0.29) is 11.6 Å². The smallest absolute Gasteiger partial charge is 0.276 e. The molecule has 2 aromatic rings. The quantitative estimate of drug-likeness (QED) is 0.936. The van der Waals surface area contributed by atoms with Crippen molar-refractivity contribution in [3.63, 3.8) is 0 Å². The van der Waals surface area contributed by atoms with Crippen LogP contribution in [0.3, 0.4) is 0 Å². The lowest BCUT2D eigenvalue weighted by atomic mass is 9.95. The van der Waals surface area contributed by atoms with Crippen LogP contribution < -0.4 is 10.2 Å². The minimum Gasteiger partial charge on any atom is -0.355 e. The molecule has 1 fully saturated rings. The molecule has 0 spiro atoms. The molecule has 24 heavy (non-hydrogen) atoms. The molecular formula is C18H19N5O. The predicted molar refractivity (Wildman–Crippen MR) is 91.6 cm³/mol. The van der Waals surface area contributed by atoms with Gasteiger partial charge in [0.05, 0.1) is 6.07 Å². The van der Waals surface area contributed by atoms with Crippen LogP contribution in [0.1, 0.15) is 29.8 Å². The SMILES string of the molecule is N#CCC1CCCN(c2ccc(C(=O)Nc3ccccc3)nn2)C1. The molecule has 1 aromatic carbocycles. The summed E-state index contributed by atoms with van der Waals surface area (Å²) in [6.07, 6.45) is 2.70. The molecule has 1 aliphatic rings. The molecule has 0 bridgehead atoms. The van der Waals surface area contributed by atoms with Gasteiger partial charge in [-0.2, -0.15) is 5.26 Å². The third kappa shape index (κ3) is 3.87. The molecule has 1 aliphatic heterocycles. The number of anilines is 2. The maximum absolute atomic E-state index is 12.2. The summed E-state index contributed by atoms with van der Waals surface area (Å²) in [5.41, 5.74) is 1.01. The Morgan fingerprint density at radius 3 is 2.79 bits per heavy atom. The Morgan fingerprint density at radius 2 is 2.08 bits per heavy atom. The van der Waals surface area contributed by atoms with Crippen molar-refractivity contribution < 1.29 is 4.79 Å². The number of piperidine rings is 1. The summed E-state index contributed by atoms with van der Waals surface area (Å²) in [5, 5.41) is 19.9. The van der Waals surface area contributed by atoms with Crippen molar-refractivity contribution in [2.24, 2.45) is 5.92 Å². The average molecular weight is 321 g/mol. The fourth-order valence-electron chi connectivity index (χ4n) is 2.90. The minimum absolute atomic E-state index is 0.277. The molecule has 1 aromatic heterocycles. The summed E-state index contributed by atoms with van der Waals surface area (Å²) < 4.78 is 0. The summed E-state index contributed by atoms with van der Waals surface area (Å²) in [6, 6.07) is 15.0. The third-order valence-corrected chi connectivity index (χ3v) is 4.14. The number of benzene rings is 1. The molecule has 1 amide bonds. The van der Waals surface area contributed by atoms with E-state index < -0.39 is 0 Å². The Morgan fingerprint density at radius 1 is 1.25 bits per heavy atom. The fourth-order valence-corrected chi connectivity index (χ4v) is 2.90. The molecule has 1 saturated heterocycles. The van der Waals surface area contributed by atoms with E-state index in [4.69, 9.17) is 5.26 Å². The van der Waals surface area contributed by atoms with Crippen molar-refractivity contribution in [3.8, 4) is 6.07 Å². The lowest BCUT2D eigenvalue weighted by Gasteiger charge is -2.32. The van der Waals surface area contributed by atoms with E-state index in [2.05, 4.69) is 26.5 Å². The average Bonchev–Trinajstić information content (AvgIpc) is 2.63. The van der Waals surface area contributed by atoms with E-state index >= 15 is 0 Å². The Labute approximate surface area is 141 Å². The van der Waals surface area contributed by atoms with E-state index in [9.17, 15) is 4.79 Å². The van der Waals surface area contributed by atoms with Crippen LogP contribution in [0.2, 0.25) is 0 Å². The van der Waals surface area contributed by atoms with Crippen LogP contribution in [0.15, 0.2) is 42.5 Å². The first kappa shape index (κ1) is 15.9. The first-order chi connectivity index (χ1) is 11.8. The third-order valence-electron chi connectivity index (χ3n) is 4.14. The van der Waals surface area contributed by atoms with Gasteiger partial charge in [0.2, 0.25) is 0 Å². The van der Waals surface area contributed by atoms with E-state index in [1.165, 1.54) is 0 Å². The normalized spacial score (nSPS) is 17.1. The molecule has 122 valence electrons. The van der Waals surface area contributed by atoms with Gasteiger partial charge in [-0.25, -0.2) is 0 Å². The summed E-state index contributed by atoms with van der Waals surface area (Å²) in [5.74, 6) is 0.863. The number of nitrogens with zero attached hydrogens (tertiary/aromatic N) is 4. The zero-order chi connectivity index (χ0) is 16.8. The van der Waals surface area contributed by atoms with Gasteiger partial charge in [0.1, 0.15) is 0 Å². The van der Waals surface area contributed by atoms with Gasteiger partial charge < -0.3 is 10.2 Å². The van der Waals surface area contributed by atoms with Crippen molar-refractivity contribution >= 4 is 17.4 Å².